The molecule has 0 bridgehead atoms. The van der Waals surface area contributed by atoms with Gasteiger partial charge < -0.3 is 15.4 Å². The van der Waals surface area contributed by atoms with E-state index in [2.05, 4.69) is 0 Å². The van der Waals surface area contributed by atoms with Crippen molar-refractivity contribution in [2.45, 2.75) is 25.4 Å². The van der Waals surface area contributed by atoms with Gasteiger partial charge in [0.15, 0.2) is 5.78 Å². The quantitative estimate of drug-likeness (QED) is 0.864. The second-order valence-electron chi connectivity index (χ2n) is 7.49. The molecule has 2 N–H and O–H groups in total. The summed E-state index contributed by atoms with van der Waals surface area (Å²) in [5.74, 6) is -1.37. The van der Waals surface area contributed by atoms with Gasteiger partial charge in [-0.25, -0.2) is 4.39 Å². The number of hydrogen-bond acceptors (Lipinski definition) is 4. The van der Waals surface area contributed by atoms with E-state index in [-0.39, 0.29) is 35.4 Å². The molecule has 2 heterocycles. The number of fused-ring (bicyclic) bond motifs is 1. The minimum absolute atomic E-state index is 0.0158. The summed E-state index contributed by atoms with van der Waals surface area (Å²) in [6.07, 6.45) is 1.53. The largest absolute Gasteiger partial charge is 0.489 e. The van der Waals surface area contributed by atoms with Gasteiger partial charge in [0.1, 0.15) is 17.7 Å². The second kappa shape index (κ2) is 7.66. The van der Waals surface area contributed by atoms with Crippen LogP contribution in [0, 0.1) is 11.7 Å². The Morgan fingerprint density at radius 2 is 1.97 bits per heavy atom. The summed E-state index contributed by atoms with van der Waals surface area (Å²) in [6, 6.07) is 10.8. The van der Waals surface area contributed by atoms with Crippen molar-refractivity contribution in [3.63, 3.8) is 0 Å². The predicted molar refractivity (Wildman–Crippen MR) is 103 cm³/mol. The topological polar surface area (TPSA) is 89.7 Å². The van der Waals surface area contributed by atoms with Crippen LogP contribution in [0.2, 0.25) is 0 Å². The molecule has 2 aromatic rings. The minimum Gasteiger partial charge on any atom is -0.489 e. The summed E-state index contributed by atoms with van der Waals surface area (Å²) in [7, 11) is 0. The highest BCUT2D eigenvalue weighted by molar-refractivity contribution is 6.00. The summed E-state index contributed by atoms with van der Waals surface area (Å²) < 4.78 is 20.4. The summed E-state index contributed by atoms with van der Waals surface area (Å²) in [5, 5.41) is 0. The van der Waals surface area contributed by atoms with Crippen molar-refractivity contribution in [2.24, 2.45) is 11.7 Å². The van der Waals surface area contributed by atoms with Gasteiger partial charge in [0, 0.05) is 31.0 Å². The van der Waals surface area contributed by atoms with Gasteiger partial charge in [-0.3, -0.25) is 14.4 Å². The van der Waals surface area contributed by atoms with E-state index in [1.165, 1.54) is 12.1 Å². The third kappa shape index (κ3) is 3.72. The van der Waals surface area contributed by atoms with Crippen molar-refractivity contribution in [3.8, 4) is 5.75 Å². The third-order valence-corrected chi connectivity index (χ3v) is 5.61. The lowest BCUT2D eigenvalue weighted by Gasteiger charge is -2.38. The molecule has 2 aromatic carbocycles. The molecule has 2 unspecified atom stereocenters. The van der Waals surface area contributed by atoms with Crippen LogP contribution < -0.4 is 10.5 Å². The predicted octanol–water partition coefficient (Wildman–Crippen LogP) is 2.81. The summed E-state index contributed by atoms with van der Waals surface area (Å²) in [5.41, 5.74) is 5.66. The molecule has 2 aliphatic heterocycles. The highest BCUT2D eigenvalue weighted by Crippen LogP contribution is 2.33. The van der Waals surface area contributed by atoms with E-state index in [0.29, 0.717) is 24.4 Å². The number of primary amides is 1. The van der Waals surface area contributed by atoms with Crippen LogP contribution in [0.4, 0.5) is 4.39 Å². The van der Waals surface area contributed by atoms with Crippen LogP contribution in [0.1, 0.15) is 50.3 Å². The molecular weight excluding hydrogens is 375 g/mol. The van der Waals surface area contributed by atoms with Crippen molar-refractivity contribution in [2.75, 3.05) is 13.1 Å². The van der Waals surface area contributed by atoms with Crippen molar-refractivity contribution in [3.05, 3.63) is 65.0 Å². The Balaban J connectivity index is 1.50. The molecule has 2 atom stereocenters. The smallest absolute Gasteiger partial charge is 0.256 e. The molecule has 1 saturated heterocycles. The average Bonchev–Trinajstić information content (AvgIpc) is 2.73. The minimum atomic E-state index is -0.772. The zero-order valence-electron chi connectivity index (χ0n) is 15.8. The second-order valence-corrected chi connectivity index (χ2v) is 7.49. The van der Waals surface area contributed by atoms with Crippen molar-refractivity contribution in [1.29, 1.82) is 0 Å². The maximum Gasteiger partial charge on any atom is 0.256 e. The number of halogens is 1. The van der Waals surface area contributed by atoms with E-state index in [0.717, 1.165) is 18.9 Å². The summed E-state index contributed by atoms with van der Waals surface area (Å²) >= 11 is 0. The Morgan fingerprint density at radius 1 is 1.17 bits per heavy atom. The van der Waals surface area contributed by atoms with Crippen LogP contribution in [0.15, 0.2) is 42.5 Å². The standard InChI is InChI=1S/C22H21FN2O4/c23-17-10-13(21(24)27)7-8-15(17)22(28)25-9-3-4-14(12-25)20-11-18(26)16-5-1-2-6-19(16)29-20/h1-2,5-8,10,14,20H,3-4,9,11-12H2,(H2,24,27). The number of carbonyl (C=O) groups excluding carboxylic acids is 3. The SMILES string of the molecule is NC(=O)c1ccc(C(=O)N2CCCC(C3CC(=O)c4ccccc4O3)C2)c(F)c1. The Kier molecular flexibility index (Phi) is 5.05. The summed E-state index contributed by atoms with van der Waals surface area (Å²) in [4.78, 5) is 38.1. The van der Waals surface area contributed by atoms with Crippen LogP contribution in [-0.4, -0.2) is 41.7 Å². The molecule has 0 aliphatic carbocycles. The molecule has 0 saturated carbocycles. The van der Waals surface area contributed by atoms with Gasteiger partial charge >= 0.3 is 0 Å². The average molecular weight is 396 g/mol. The lowest BCUT2D eigenvalue weighted by Crippen LogP contribution is -2.46. The molecular formula is C22H21FN2O4. The fraction of sp³-hybridized carbons (Fsp3) is 0.318. The van der Waals surface area contributed by atoms with E-state index in [9.17, 15) is 18.8 Å². The van der Waals surface area contributed by atoms with E-state index in [4.69, 9.17) is 10.5 Å². The third-order valence-electron chi connectivity index (χ3n) is 5.61. The molecule has 6 nitrogen and oxygen atoms in total. The first-order chi connectivity index (χ1) is 13.9. The highest BCUT2D eigenvalue weighted by Gasteiger charge is 2.36. The molecule has 0 aromatic heterocycles. The van der Waals surface area contributed by atoms with Crippen LogP contribution >= 0.6 is 0 Å². The lowest BCUT2D eigenvalue weighted by molar-refractivity contribution is 0.0406. The van der Waals surface area contributed by atoms with E-state index in [1.54, 1.807) is 23.1 Å². The van der Waals surface area contributed by atoms with Gasteiger partial charge in [-0.2, -0.15) is 0 Å². The number of ketones is 1. The van der Waals surface area contributed by atoms with Gasteiger partial charge in [0.05, 0.1) is 11.1 Å². The molecule has 4 rings (SSSR count). The number of nitrogens with zero attached hydrogens (tertiary/aromatic N) is 1. The molecule has 2 amide bonds. The maximum absolute atomic E-state index is 14.4. The van der Waals surface area contributed by atoms with Crippen LogP contribution in [0.5, 0.6) is 5.75 Å². The number of benzene rings is 2. The Hall–Kier alpha value is -3.22. The first-order valence-corrected chi connectivity index (χ1v) is 9.61. The Labute approximate surface area is 167 Å². The van der Waals surface area contributed by atoms with Gasteiger partial charge in [0.2, 0.25) is 5.91 Å². The number of nitrogens with two attached hydrogens (primary N) is 1. The van der Waals surface area contributed by atoms with E-state index in [1.807, 2.05) is 6.07 Å². The lowest BCUT2D eigenvalue weighted by atomic mass is 9.86. The fourth-order valence-electron chi connectivity index (χ4n) is 4.07. The number of likely N-dealkylation sites (tertiary alicyclic amines) is 1. The van der Waals surface area contributed by atoms with E-state index < -0.39 is 17.6 Å². The maximum atomic E-state index is 14.4. The van der Waals surface area contributed by atoms with Gasteiger partial charge in [-0.1, -0.05) is 12.1 Å². The monoisotopic (exact) mass is 396 g/mol. The first kappa shape index (κ1) is 19.1. The van der Waals surface area contributed by atoms with Crippen LogP contribution in [-0.2, 0) is 0 Å². The van der Waals surface area contributed by atoms with Crippen molar-refractivity contribution >= 4 is 17.6 Å². The molecule has 29 heavy (non-hydrogen) atoms. The van der Waals surface area contributed by atoms with E-state index >= 15 is 0 Å². The zero-order chi connectivity index (χ0) is 20.5. The van der Waals surface area contributed by atoms with Gasteiger partial charge in [-0.15, -0.1) is 0 Å². The number of carbonyl (C=O) groups is 3. The van der Waals surface area contributed by atoms with Crippen LogP contribution in [0.25, 0.3) is 0 Å². The number of Topliss-reactive ketones (excluding diaryl/α,β-unsaturated/α-hetero) is 1. The number of amides is 2. The number of ether oxygens (including phenoxy) is 1. The van der Waals surface area contributed by atoms with Crippen molar-refractivity contribution < 1.29 is 23.5 Å². The van der Waals surface area contributed by atoms with Crippen molar-refractivity contribution in [1.82, 2.24) is 4.90 Å². The zero-order valence-corrected chi connectivity index (χ0v) is 15.8. The molecule has 2 aliphatic rings. The molecule has 7 heteroatoms. The normalized spacial score (nSPS) is 21.3. The molecule has 1 fully saturated rings. The Bertz CT molecular complexity index is 991. The van der Waals surface area contributed by atoms with Crippen LogP contribution in [0.3, 0.4) is 0 Å². The number of hydrogen-bond donors (Lipinski definition) is 1. The fourth-order valence-corrected chi connectivity index (χ4v) is 4.07. The Morgan fingerprint density at radius 3 is 2.72 bits per heavy atom. The number of rotatable bonds is 3. The first-order valence-electron chi connectivity index (χ1n) is 9.61. The number of para-hydroxylation sites is 1. The van der Waals surface area contributed by atoms with Gasteiger partial charge in [-0.05, 0) is 43.2 Å². The molecule has 0 radical (unpaired) electrons. The molecule has 0 spiro atoms. The highest BCUT2D eigenvalue weighted by atomic mass is 19.1. The molecule has 150 valence electrons. The summed E-state index contributed by atoms with van der Waals surface area (Å²) in [6.45, 7) is 0.888. The van der Waals surface area contributed by atoms with Gasteiger partial charge in [0.25, 0.3) is 5.91 Å². The number of piperidine rings is 1.